The molecule has 0 atom stereocenters. The molecule has 180 valence electrons. The molecule has 6 heteroatoms. The standard InChI is InChI=1S/C28H34N2O4/c1-2-3-4-20-5-10-22(11-6-20)28(32)34-25-13-7-21(8-14-25)9-16-27(31)33-18-17-23-19-24(29)12-15-26(23)30/h2,7-9,12-16,19-20,22H,1,3-6,10-11,17-18,29-30H2. The van der Waals surface area contributed by atoms with Crippen LogP contribution in [0.25, 0.3) is 6.08 Å². The third-order valence-electron chi connectivity index (χ3n) is 6.25. The van der Waals surface area contributed by atoms with Crippen molar-refractivity contribution in [1.29, 1.82) is 0 Å². The van der Waals surface area contributed by atoms with E-state index >= 15 is 0 Å². The highest BCUT2D eigenvalue weighted by molar-refractivity contribution is 5.87. The minimum absolute atomic E-state index is 0.0306. The van der Waals surface area contributed by atoms with Gasteiger partial charge in [-0.25, -0.2) is 4.79 Å². The topological polar surface area (TPSA) is 105 Å². The summed E-state index contributed by atoms with van der Waals surface area (Å²) in [6.45, 7) is 3.99. The molecule has 0 saturated heterocycles. The molecule has 0 aromatic heterocycles. The predicted molar refractivity (Wildman–Crippen MR) is 136 cm³/mol. The van der Waals surface area contributed by atoms with Gasteiger partial charge in [-0.1, -0.05) is 18.2 Å². The van der Waals surface area contributed by atoms with Gasteiger partial charge in [0.15, 0.2) is 0 Å². The molecule has 0 heterocycles. The molecular formula is C28H34N2O4. The van der Waals surface area contributed by atoms with Crippen molar-refractivity contribution in [3.63, 3.8) is 0 Å². The Hall–Kier alpha value is -3.54. The molecule has 0 aliphatic heterocycles. The highest BCUT2D eigenvalue weighted by Crippen LogP contribution is 2.32. The molecule has 34 heavy (non-hydrogen) atoms. The third-order valence-corrected chi connectivity index (χ3v) is 6.25. The number of nitrogen functional groups attached to an aromatic ring is 2. The second-order valence-corrected chi connectivity index (χ2v) is 8.78. The molecule has 1 saturated carbocycles. The lowest BCUT2D eigenvalue weighted by Crippen LogP contribution is -2.25. The monoisotopic (exact) mass is 462 g/mol. The molecule has 4 N–H and O–H groups in total. The van der Waals surface area contributed by atoms with Crippen molar-refractivity contribution in [2.24, 2.45) is 11.8 Å². The van der Waals surface area contributed by atoms with Crippen LogP contribution in [0, 0.1) is 11.8 Å². The normalized spacial score (nSPS) is 17.9. The number of benzene rings is 2. The Balaban J connectivity index is 1.40. The fraction of sp³-hybridized carbons (Fsp3) is 0.357. The zero-order chi connectivity index (χ0) is 24.3. The summed E-state index contributed by atoms with van der Waals surface area (Å²) in [7, 11) is 0. The van der Waals surface area contributed by atoms with Crippen molar-refractivity contribution in [2.45, 2.75) is 44.9 Å². The van der Waals surface area contributed by atoms with Gasteiger partial charge in [-0.2, -0.15) is 0 Å². The van der Waals surface area contributed by atoms with E-state index in [0.717, 1.165) is 49.7 Å². The summed E-state index contributed by atoms with van der Waals surface area (Å²) in [6.07, 6.45) is 11.6. The number of carbonyl (C=O) groups is 2. The van der Waals surface area contributed by atoms with E-state index in [2.05, 4.69) is 6.58 Å². The minimum Gasteiger partial charge on any atom is -0.462 e. The number of carbonyl (C=O) groups excluding carboxylic acids is 2. The van der Waals surface area contributed by atoms with Crippen molar-refractivity contribution in [2.75, 3.05) is 18.1 Å². The summed E-state index contributed by atoms with van der Waals surface area (Å²) in [5, 5.41) is 0. The first-order chi connectivity index (χ1) is 16.4. The molecule has 0 amide bonds. The first-order valence-corrected chi connectivity index (χ1v) is 11.9. The van der Waals surface area contributed by atoms with E-state index in [1.54, 1.807) is 48.5 Å². The van der Waals surface area contributed by atoms with Crippen molar-refractivity contribution < 1.29 is 19.1 Å². The van der Waals surface area contributed by atoms with Gasteiger partial charge in [-0.3, -0.25) is 4.79 Å². The number of hydrogen-bond donors (Lipinski definition) is 2. The van der Waals surface area contributed by atoms with E-state index < -0.39 is 5.97 Å². The van der Waals surface area contributed by atoms with Crippen LogP contribution in [0.5, 0.6) is 5.75 Å². The molecule has 1 aliphatic carbocycles. The Morgan fingerprint density at radius 2 is 1.76 bits per heavy atom. The molecule has 3 rings (SSSR count). The summed E-state index contributed by atoms with van der Waals surface area (Å²) in [5.41, 5.74) is 14.6. The van der Waals surface area contributed by atoms with Crippen molar-refractivity contribution >= 4 is 29.4 Å². The number of nitrogens with two attached hydrogens (primary N) is 2. The average molecular weight is 463 g/mol. The van der Waals surface area contributed by atoms with Gasteiger partial charge < -0.3 is 20.9 Å². The van der Waals surface area contributed by atoms with Gasteiger partial charge in [0.25, 0.3) is 0 Å². The van der Waals surface area contributed by atoms with Crippen LogP contribution in [0.3, 0.4) is 0 Å². The van der Waals surface area contributed by atoms with Gasteiger partial charge in [0.05, 0.1) is 12.5 Å². The molecule has 0 spiro atoms. The van der Waals surface area contributed by atoms with Gasteiger partial charge in [-0.05, 0) is 92.0 Å². The number of rotatable bonds is 10. The third kappa shape index (κ3) is 7.80. The van der Waals surface area contributed by atoms with Gasteiger partial charge >= 0.3 is 11.9 Å². The van der Waals surface area contributed by atoms with Gasteiger partial charge in [-0.15, -0.1) is 6.58 Å². The molecule has 0 unspecified atom stereocenters. The first-order valence-electron chi connectivity index (χ1n) is 11.9. The van der Waals surface area contributed by atoms with Crippen LogP contribution in [-0.4, -0.2) is 18.5 Å². The van der Waals surface area contributed by atoms with E-state index in [4.69, 9.17) is 20.9 Å². The highest BCUT2D eigenvalue weighted by Gasteiger charge is 2.27. The number of allylic oxidation sites excluding steroid dienone is 1. The molecular weight excluding hydrogens is 428 g/mol. The number of ether oxygens (including phenoxy) is 2. The summed E-state index contributed by atoms with van der Waals surface area (Å²) in [5.74, 6) is 0.571. The quantitative estimate of drug-likeness (QED) is 0.163. The molecule has 2 aromatic rings. The SMILES string of the molecule is C=CCCC1CCC(C(=O)Oc2ccc(C=CC(=O)OCCc3cc(N)ccc3N)cc2)CC1. The van der Waals surface area contributed by atoms with Gasteiger partial charge in [0.2, 0.25) is 0 Å². The van der Waals surface area contributed by atoms with E-state index in [-0.39, 0.29) is 18.5 Å². The number of hydrogen-bond acceptors (Lipinski definition) is 6. The Kier molecular flexibility index (Phi) is 9.32. The van der Waals surface area contributed by atoms with Gasteiger partial charge in [0, 0.05) is 23.9 Å². The Morgan fingerprint density at radius 3 is 2.47 bits per heavy atom. The maximum atomic E-state index is 12.5. The number of esters is 2. The molecule has 6 nitrogen and oxygen atoms in total. The van der Waals surface area contributed by atoms with Crippen LogP contribution in [0.4, 0.5) is 11.4 Å². The maximum Gasteiger partial charge on any atom is 0.330 e. The van der Waals surface area contributed by atoms with E-state index in [1.807, 2.05) is 6.08 Å². The predicted octanol–water partition coefficient (Wildman–Crippen LogP) is 5.33. The van der Waals surface area contributed by atoms with Crippen LogP contribution in [0.2, 0.25) is 0 Å². The van der Waals surface area contributed by atoms with Crippen molar-refractivity contribution in [1.82, 2.24) is 0 Å². The van der Waals surface area contributed by atoms with Gasteiger partial charge in [0.1, 0.15) is 5.75 Å². The van der Waals surface area contributed by atoms with Crippen LogP contribution in [0.1, 0.15) is 49.7 Å². The van der Waals surface area contributed by atoms with Crippen LogP contribution in [-0.2, 0) is 20.7 Å². The fourth-order valence-corrected chi connectivity index (χ4v) is 4.20. The minimum atomic E-state index is -0.443. The number of anilines is 2. The largest absolute Gasteiger partial charge is 0.462 e. The maximum absolute atomic E-state index is 12.5. The lowest BCUT2D eigenvalue weighted by Gasteiger charge is -2.26. The highest BCUT2D eigenvalue weighted by atomic mass is 16.5. The Bertz CT molecular complexity index is 1010. The van der Waals surface area contributed by atoms with Crippen LogP contribution < -0.4 is 16.2 Å². The first kappa shape index (κ1) is 25.1. The average Bonchev–Trinajstić information content (AvgIpc) is 2.84. The van der Waals surface area contributed by atoms with E-state index in [0.29, 0.717) is 29.5 Å². The fourth-order valence-electron chi connectivity index (χ4n) is 4.20. The van der Waals surface area contributed by atoms with Crippen LogP contribution >= 0.6 is 0 Å². The second-order valence-electron chi connectivity index (χ2n) is 8.78. The molecule has 2 aromatic carbocycles. The summed E-state index contributed by atoms with van der Waals surface area (Å²) < 4.78 is 10.8. The summed E-state index contributed by atoms with van der Waals surface area (Å²) in [6, 6.07) is 12.3. The smallest absolute Gasteiger partial charge is 0.330 e. The zero-order valence-electron chi connectivity index (χ0n) is 19.6. The molecule has 0 radical (unpaired) electrons. The second kappa shape index (κ2) is 12.6. The Labute approximate surface area is 201 Å². The van der Waals surface area contributed by atoms with E-state index in [9.17, 15) is 9.59 Å². The van der Waals surface area contributed by atoms with Crippen molar-refractivity contribution in [3.8, 4) is 5.75 Å². The zero-order valence-corrected chi connectivity index (χ0v) is 19.6. The lowest BCUT2D eigenvalue weighted by molar-refractivity contribution is -0.140. The lowest BCUT2D eigenvalue weighted by atomic mass is 9.80. The van der Waals surface area contributed by atoms with E-state index in [1.165, 1.54) is 6.08 Å². The van der Waals surface area contributed by atoms with Crippen LogP contribution in [0.15, 0.2) is 61.2 Å². The summed E-state index contributed by atoms with van der Waals surface area (Å²) in [4.78, 5) is 24.5. The molecule has 0 bridgehead atoms. The molecule has 1 aliphatic rings. The Morgan fingerprint density at radius 1 is 1.03 bits per heavy atom. The molecule has 1 fully saturated rings. The summed E-state index contributed by atoms with van der Waals surface area (Å²) >= 11 is 0. The van der Waals surface area contributed by atoms with Crippen molar-refractivity contribution in [3.05, 3.63) is 72.3 Å².